The topological polar surface area (TPSA) is 77.3 Å². The van der Waals surface area contributed by atoms with E-state index in [1.54, 1.807) is 0 Å². The van der Waals surface area contributed by atoms with Gasteiger partial charge in [0.2, 0.25) is 5.88 Å². The number of nitrogens with zero attached hydrogens (tertiary/aromatic N) is 2. The predicted molar refractivity (Wildman–Crippen MR) is 77.0 cm³/mol. The Hall–Kier alpha value is -0.920. The van der Waals surface area contributed by atoms with Crippen molar-refractivity contribution in [2.24, 2.45) is 0 Å². The molecule has 1 aliphatic heterocycles. The predicted octanol–water partition coefficient (Wildman–Crippen LogP) is 2.70. The zero-order chi connectivity index (χ0) is 13.0. The highest BCUT2D eigenvalue weighted by Crippen LogP contribution is 2.26. The van der Waals surface area contributed by atoms with E-state index in [2.05, 4.69) is 26.2 Å². The third-order valence-electron chi connectivity index (χ3n) is 2.84. The minimum absolute atomic E-state index is 0. The van der Waals surface area contributed by atoms with Gasteiger partial charge in [-0.15, -0.1) is 12.4 Å². The molecule has 2 heterocycles. The van der Waals surface area contributed by atoms with Crippen LogP contribution in [0.4, 0.5) is 5.69 Å². The molecule has 0 aliphatic carbocycles. The molecular weight excluding hydrogens is 337 g/mol. The standard InChI is InChI=1S/C11H14BrN3O3.ClH/c12-10-5-9(15(16)17)6-14-11(10)18-7-8-3-1-2-4-13-8;/h5-6,8,13H,1-4,7H2;1H/t8-;/m0./s1. The first-order valence-electron chi connectivity index (χ1n) is 5.83. The van der Waals surface area contributed by atoms with Crippen molar-refractivity contribution in [3.8, 4) is 5.88 Å². The number of nitro groups is 1. The summed E-state index contributed by atoms with van der Waals surface area (Å²) in [7, 11) is 0. The van der Waals surface area contributed by atoms with Crippen LogP contribution < -0.4 is 10.1 Å². The summed E-state index contributed by atoms with van der Waals surface area (Å²) in [5.41, 5.74) is -0.0509. The first-order valence-corrected chi connectivity index (χ1v) is 6.62. The average Bonchev–Trinajstić information content (AvgIpc) is 2.38. The summed E-state index contributed by atoms with van der Waals surface area (Å²) >= 11 is 3.23. The van der Waals surface area contributed by atoms with Crippen LogP contribution in [0.1, 0.15) is 19.3 Å². The lowest BCUT2D eigenvalue weighted by Gasteiger charge is -2.23. The molecule has 1 fully saturated rings. The van der Waals surface area contributed by atoms with Crippen LogP contribution in [0.5, 0.6) is 5.88 Å². The Morgan fingerprint density at radius 3 is 2.95 bits per heavy atom. The Morgan fingerprint density at radius 2 is 2.37 bits per heavy atom. The Morgan fingerprint density at radius 1 is 1.58 bits per heavy atom. The SMILES string of the molecule is Cl.O=[N+]([O-])c1cnc(OC[C@@H]2CCCCN2)c(Br)c1. The van der Waals surface area contributed by atoms with Crippen molar-refractivity contribution >= 4 is 34.0 Å². The molecule has 1 aromatic heterocycles. The molecule has 1 saturated heterocycles. The van der Waals surface area contributed by atoms with Gasteiger partial charge in [-0.05, 0) is 35.3 Å². The third kappa shape index (κ3) is 4.59. The molecule has 0 unspecified atom stereocenters. The summed E-state index contributed by atoms with van der Waals surface area (Å²) in [5.74, 6) is 0.396. The molecule has 8 heteroatoms. The van der Waals surface area contributed by atoms with E-state index in [1.165, 1.54) is 25.1 Å². The highest BCUT2D eigenvalue weighted by atomic mass is 79.9. The summed E-state index contributed by atoms with van der Waals surface area (Å²) in [5, 5.41) is 13.9. The van der Waals surface area contributed by atoms with Crippen LogP contribution in [-0.4, -0.2) is 29.1 Å². The summed E-state index contributed by atoms with van der Waals surface area (Å²) in [6.45, 7) is 1.55. The normalized spacial score (nSPS) is 18.5. The number of hydrogen-bond acceptors (Lipinski definition) is 5. The Labute approximate surface area is 125 Å². The maximum Gasteiger partial charge on any atom is 0.288 e. The molecule has 0 spiro atoms. The Balaban J connectivity index is 0.00000180. The Kier molecular flexibility index (Phi) is 6.47. The lowest BCUT2D eigenvalue weighted by Crippen LogP contribution is -2.38. The summed E-state index contributed by atoms with van der Waals surface area (Å²) in [6.07, 6.45) is 4.70. The lowest BCUT2D eigenvalue weighted by molar-refractivity contribution is -0.385. The largest absolute Gasteiger partial charge is 0.475 e. The number of ether oxygens (including phenoxy) is 1. The van der Waals surface area contributed by atoms with Crippen LogP contribution in [0.25, 0.3) is 0 Å². The van der Waals surface area contributed by atoms with Crippen molar-refractivity contribution in [1.82, 2.24) is 10.3 Å². The summed E-state index contributed by atoms with van der Waals surface area (Å²) < 4.78 is 6.07. The van der Waals surface area contributed by atoms with Crippen LogP contribution in [0, 0.1) is 10.1 Å². The zero-order valence-corrected chi connectivity index (χ0v) is 12.6. The van der Waals surface area contributed by atoms with Gasteiger partial charge in [-0.1, -0.05) is 6.42 Å². The van der Waals surface area contributed by atoms with E-state index in [9.17, 15) is 10.1 Å². The lowest BCUT2D eigenvalue weighted by atomic mass is 10.1. The molecule has 1 atom stereocenters. The molecular formula is C11H15BrClN3O3. The van der Waals surface area contributed by atoms with Crippen molar-refractivity contribution in [3.05, 3.63) is 26.9 Å². The molecule has 1 aromatic rings. The van der Waals surface area contributed by atoms with E-state index in [0.29, 0.717) is 23.0 Å². The van der Waals surface area contributed by atoms with Gasteiger partial charge in [0.15, 0.2) is 0 Å². The van der Waals surface area contributed by atoms with Gasteiger partial charge in [0.05, 0.1) is 9.40 Å². The molecule has 0 bridgehead atoms. The smallest absolute Gasteiger partial charge is 0.288 e. The highest BCUT2D eigenvalue weighted by molar-refractivity contribution is 9.10. The third-order valence-corrected chi connectivity index (χ3v) is 3.41. The molecule has 0 aromatic carbocycles. The van der Waals surface area contributed by atoms with Crippen molar-refractivity contribution in [3.63, 3.8) is 0 Å². The van der Waals surface area contributed by atoms with Crippen molar-refractivity contribution in [1.29, 1.82) is 0 Å². The maximum absolute atomic E-state index is 10.6. The van der Waals surface area contributed by atoms with Crippen LogP contribution in [0.15, 0.2) is 16.7 Å². The fourth-order valence-electron chi connectivity index (χ4n) is 1.87. The van der Waals surface area contributed by atoms with Gasteiger partial charge in [0, 0.05) is 12.1 Å². The van der Waals surface area contributed by atoms with Crippen molar-refractivity contribution in [2.45, 2.75) is 25.3 Å². The fraction of sp³-hybridized carbons (Fsp3) is 0.545. The summed E-state index contributed by atoms with van der Waals surface area (Å²) in [6, 6.07) is 1.74. The van der Waals surface area contributed by atoms with Gasteiger partial charge in [-0.25, -0.2) is 4.98 Å². The van der Waals surface area contributed by atoms with Crippen LogP contribution in [0.3, 0.4) is 0 Å². The summed E-state index contributed by atoms with van der Waals surface area (Å²) in [4.78, 5) is 14.0. The van der Waals surface area contributed by atoms with Crippen LogP contribution in [-0.2, 0) is 0 Å². The quantitative estimate of drug-likeness (QED) is 0.666. The van der Waals surface area contributed by atoms with E-state index in [0.717, 1.165) is 13.0 Å². The second kappa shape index (κ2) is 7.62. The number of piperidine rings is 1. The van der Waals surface area contributed by atoms with E-state index < -0.39 is 4.92 Å². The molecule has 106 valence electrons. The number of hydrogen-bond donors (Lipinski definition) is 1. The maximum atomic E-state index is 10.6. The number of pyridine rings is 1. The molecule has 1 aliphatic rings. The highest BCUT2D eigenvalue weighted by Gasteiger charge is 2.15. The number of aromatic nitrogens is 1. The van der Waals surface area contributed by atoms with Gasteiger partial charge in [-0.2, -0.15) is 0 Å². The van der Waals surface area contributed by atoms with E-state index >= 15 is 0 Å². The molecule has 6 nitrogen and oxygen atoms in total. The first kappa shape index (κ1) is 16.1. The average molecular weight is 353 g/mol. The zero-order valence-electron chi connectivity index (χ0n) is 10.2. The molecule has 0 saturated carbocycles. The van der Waals surface area contributed by atoms with E-state index in [-0.39, 0.29) is 18.1 Å². The molecule has 2 rings (SSSR count). The molecule has 0 radical (unpaired) electrons. The molecule has 19 heavy (non-hydrogen) atoms. The van der Waals surface area contributed by atoms with E-state index in [4.69, 9.17) is 4.74 Å². The van der Waals surface area contributed by atoms with Gasteiger partial charge >= 0.3 is 0 Å². The molecule has 1 N–H and O–H groups in total. The van der Waals surface area contributed by atoms with Crippen LogP contribution >= 0.6 is 28.3 Å². The van der Waals surface area contributed by atoms with Gasteiger partial charge in [0.25, 0.3) is 5.69 Å². The fourth-order valence-corrected chi connectivity index (χ4v) is 2.32. The number of rotatable bonds is 4. The van der Waals surface area contributed by atoms with Crippen LogP contribution in [0.2, 0.25) is 0 Å². The van der Waals surface area contributed by atoms with E-state index in [1.807, 2.05) is 0 Å². The monoisotopic (exact) mass is 351 g/mol. The van der Waals surface area contributed by atoms with Gasteiger partial charge in [0.1, 0.15) is 12.8 Å². The number of halogens is 2. The Bertz CT molecular complexity index is 441. The van der Waals surface area contributed by atoms with Gasteiger partial charge in [-0.3, -0.25) is 10.1 Å². The minimum atomic E-state index is -0.482. The second-order valence-electron chi connectivity index (χ2n) is 4.20. The molecule has 0 amide bonds. The minimum Gasteiger partial charge on any atom is -0.475 e. The first-order chi connectivity index (χ1) is 8.66. The second-order valence-corrected chi connectivity index (χ2v) is 5.05. The van der Waals surface area contributed by atoms with Crippen molar-refractivity contribution < 1.29 is 9.66 Å². The van der Waals surface area contributed by atoms with Gasteiger partial charge < -0.3 is 10.1 Å². The van der Waals surface area contributed by atoms with Crippen molar-refractivity contribution in [2.75, 3.05) is 13.2 Å². The number of nitrogens with one attached hydrogen (secondary N) is 1.